The van der Waals surface area contributed by atoms with E-state index in [9.17, 15) is 15.8 Å². The molecule has 4 heterocycles. The van der Waals surface area contributed by atoms with Crippen LogP contribution in [0.1, 0.15) is 10.0 Å². The number of aryl methyl sites for hydroxylation is 2. The molecule has 4 aromatic rings. The van der Waals surface area contributed by atoms with E-state index in [-0.39, 0.29) is 11.3 Å². The van der Waals surface area contributed by atoms with E-state index >= 15 is 0 Å². The molecule has 0 atom stereocenters. The summed E-state index contributed by atoms with van der Waals surface area (Å²) in [6.07, 6.45) is 3.57. The van der Waals surface area contributed by atoms with Crippen molar-refractivity contribution < 1.29 is 0 Å². The summed E-state index contributed by atoms with van der Waals surface area (Å²) in [5.74, 6) is 0. The first kappa shape index (κ1) is 21.6. The van der Waals surface area contributed by atoms with Gasteiger partial charge in [-0.1, -0.05) is 0 Å². The monoisotopic (exact) mass is 486 g/mol. The third-order valence-corrected chi connectivity index (χ3v) is 8.72. The van der Waals surface area contributed by atoms with Crippen LogP contribution in [0, 0.1) is 63.5 Å². The lowest BCUT2D eigenvalue weighted by molar-refractivity contribution is 1.30. The zero-order valence-corrected chi connectivity index (χ0v) is 19.9. The van der Waals surface area contributed by atoms with Crippen molar-refractivity contribution in [3.63, 3.8) is 0 Å². The van der Waals surface area contributed by atoms with Crippen molar-refractivity contribution >= 4 is 56.6 Å². The van der Waals surface area contributed by atoms with Gasteiger partial charge in [0.1, 0.15) is 17.7 Å². The lowest BCUT2D eigenvalue weighted by atomic mass is 10.2. The molecule has 0 saturated carbocycles. The molecule has 0 unspecified atom stereocenters. The van der Waals surface area contributed by atoms with Crippen molar-refractivity contribution in [2.24, 2.45) is 0 Å². The number of nitrogens with zero attached hydrogens (tertiary/aromatic N) is 6. The highest BCUT2D eigenvalue weighted by Gasteiger charge is 2.14. The van der Waals surface area contributed by atoms with Crippen LogP contribution in [0.2, 0.25) is 0 Å². The quantitative estimate of drug-likeness (QED) is 0.382. The van der Waals surface area contributed by atoms with E-state index in [0.29, 0.717) is 9.06 Å². The van der Waals surface area contributed by atoms with Gasteiger partial charge in [-0.05, 0) is 26.0 Å². The molecule has 152 valence electrons. The van der Waals surface area contributed by atoms with Crippen LogP contribution in [-0.4, -0.2) is 9.97 Å². The van der Waals surface area contributed by atoms with E-state index in [1.54, 1.807) is 12.4 Å². The molecule has 0 aromatic carbocycles. The SMILES string of the molecule is [C-]#[N+]/C(C#N)=c1\cc(-c2cnc(C)s2)/c(=c2\sc(=C(C#N)C#N)cc2-c2cnc(C)s2)s1. The van der Waals surface area contributed by atoms with Crippen LogP contribution in [0.5, 0.6) is 0 Å². The van der Waals surface area contributed by atoms with Crippen LogP contribution in [-0.2, 0) is 0 Å². The summed E-state index contributed by atoms with van der Waals surface area (Å²) >= 11 is 5.76. The van der Waals surface area contributed by atoms with Crippen LogP contribution in [0.15, 0.2) is 24.5 Å². The Morgan fingerprint density at radius 3 is 1.72 bits per heavy atom. The average molecular weight is 487 g/mol. The number of aromatic nitrogens is 2. The highest BCUT2D eigenvalue weighted by molar-refractivity contribution is 7.17. The number of nitriles is 3. The summed E-state index contributed by atoms with van der Waals surface area (Å²) in [6, 6.07) is 9.61. The van der Waals surface area contributed by atoms with Crippen molar-refractivity contribution in [3.8, 4) is 39.1 Å². The third-order valence-electron chi connectivity index (χ3n) is 4.36. The van der Waals surface area contributed by atoms with E-state index in [4.69, 9.17) is 6.57 Å². The lowest BCUT2D eigenvalue weighted by Gasteiger charge is -1.93. The van der Waals surface area contributed by atoms with E-state index < -0.39 is 0 Å². The van der Waals surface area contributed by atoms with Crippen LogP contribution in [0.3, 0.4) is 0 Å². The first-order valence-corrected chi connectivity index (χ1v) is 12.2. The van der Waals surface area contributed by atoms with E-state index in [2.05, 4.69) is 14.8 Å². The Kier molecular flexibility index (Phi) is 5.97. The Balaban J connectivity index is 2.29. The Hall–Kier alpha value is -3.64. The lowest BCUT2D eigenvalue weighted by Crippen LogP contribution is -1.94. The Morgan fingerprint density at radius 1 is 0.812 bits per heavy atom. The zero-order valence-electron chi connectivity index (χ0n) is 16.6. The average Bonchev–Trinajstić information content (AvgIpc) is 3.56. The minimum Gasteiger partial charge on any atom is -0.249 e. The van der Waals surface area contributed by atoms with Gasteiger partial charge in [-0.3, -0.25) is 0 Å². The Bertz CT molecular complexity index is 1590. The molecule has 0 aliphatic rings. The number of rotatable bonds is 2. The maximum atomic E-state index is 9.42. The minimum absolute atomic E-state index is 0.0250. The summed E-state index contributed by atoms with van der Waals surface area (Å²) in [6.45, 7) is 11.2. The van der Waals surface area contributed by atoms with Gasteiger partial charge in [0.15, 0.2) is 0 Å². The van der Waals surface area contributed by atoms with Crippen molar-refractivity contribution in [1.29, 1.82) is 15.8 Å². The third kappa shape index (κ3) is 3.85. The van der Waals surface area contributed by atoms with Crippen molar-refractivity contribution in [2.45, 2.75) is 13.8 Å². The largest absolute Gasteiger partial charge is 0.278 e. The topological polar surface area (TPSA) is 102 Å². The second kappa shape index (κ2) is 8.85. The molecule has 0 saturated heterocycles. The normalized spacial score (nSPS) is 12.3. The number of thiazole rings is 2. The van der Waals surface area contributed by atoms with E-state index in [1.165, 1.54) is 45.3 Å². The standard InChI is InChI=1S/C22H10N6S4/c1-11-27-9-19(29-11)14-4-17(13(6-23)7-24)31-21(14)22-15(20-10-28-12(2)30-20)5-18(32-22)16(8-25)26-3/h4-5,9-10H,1-2H3/b18-16+,22-21+. The summed E-state index contributed by atoms with van der Waals surface area (Å²) in [4.78, 5) is 13.9. The Morgan fingerprint density at radius 2 is 1.31 bits per heavy atom. The number of thiophene rings is 2. The van der Waals surface area contributed by atoms with Gasteiger partial charge in [0.25, 0.3) is 5.70 Å². The highest BCUT2D eigenvalue weighted by Crippen LogP contribution is 2.33. The highest BCUT2D eigenvalue weighted by atomic mass is 32.1. The van der Waals surface area contributed by atoms with Crippen molar-refractivity contribution in [3.05, 3.63) is 64.1 Å². The smallest absolute Gasteiger partial charge is 0.249 e. The van der Waals surface area contributed by atoms with E-state index in [1.807, 2.05) is 44.2 Å². The van der Waals surface area contributed by atoms with Gasteiger partial charge in [0.2, 0.25) is 0 Å². The predicted molar refractivity (Wildman–Crippen MR) is 128 cm³/mol. The summed E-state index contributed by atoms with van der Waals surface area (Å²) < 4.78 is 2.88. The summed E-state index contributed by atoms with van der Waals surface area (Å²) in [7, 11) is 0. The van der Waals surface area contributed by atoms with Crippen LogP contribution >= 0.6 is 45.3 Å². The van der Waals surface area contributed by atoms with Gasteiger partial charge < -0.3 is 0 Å². The fourth-order valence-electron chi connectivity index (χ4n) is 2.97. The van der Waals surface area contributed by atoms with Gasteiger partial charge in [0.05, 0.1) is 46.0 Å². The van der Waals surface area contributed by atoms with Crippen molar-refractivity contribution in [2.75, 3.05) is 0 Å². The fourth-order valence-corrected chi connectivity index (χ4v) is 7.08. The first-order chi connectivity index (χ1) is 15.5. The van der Waals surface area contributed by atoms with Gasteiger partial charge in [-0.25, -0.2) is 20.1 Å². The maximum absolute atomic E-state index is 9.42. The fraction of sp³-hybridized carbons (Fsp3) is 0.0909. The molecule has 0 spiro atoms. The molecule has 0 aliphatic carbocycles. The van der Waals surface area contributed by atoms with Gasteiger partial charge in [-0.15, -0.1) is 45.3 Å². The van der Waals surface area contributed by atoms with Gasteiger partial charge in [0, 0.05) is 28.1 Å². The van der Waals surface area contributed by atoms with Crippen LogP contribution in [0.4, 0.5) is 0 Å². The maximum Gasteiger partial charge on any atom is 0.278 e. The van der Waals surface area contributed by atoms with Crippen molar-refractivity contribution in [1.82, 2.24) is 9.97 Å². The molecule has 0 bridgehead atoms. The Labute approximate surface area is 198 Å². The number of hydrogen-bond donors (Lipinski definition) is 0. The summed E-state index contributed by atoms with van der Waals surface area (Å²) in [5, 5.41) is 30.1. The predicted octanol–water partition coefficient (Wildman–Crippen LogP) is 4.71. The molecule has 0 N–H and O–H groups in total. The molecule has 4 aromatic heterocycles. The molecule has 4 rings (SSSR count). The first-order valence-electron chi connectivity index (χ1n) is 8.95. The second-order valence-electron chi connectivity index (χ2n) is 6.36. The molecular formula is C22H10N6S4. The molecule has 10 heteroatoms. The van der Waals surface area contributed by atoms with Gasteiger partial charge in [-0.2, -0.15) is 10.5 Å². The van der Waals surface area contributed by atoms with Crippen LogP contribution < -0.4 is 9.06 Å². The van der Waals surface area contributed by atoms with E-state index in [0.717, 1.165) is 40.0 Å². The number of hydrogen-bond acceptors (Lipinski definition) is 9. The molecular weight excluding hydrogens is 477 g/mol. The second-order valence-corrected chi connectivity index (χ2v) is 10.9. The molecule has 0 aliphatic heterocycles. The molecule has 6 nitrogen and oxygen atoms in total. The zero-order chi connectivity index (χ0) is 22.8. The molecule has 0 radical (unpaired) electrons. The summed E-state index contributed by atoms with van der Waals surface area (Å²) in [5.41, 5.74) is 1.81. The molecule has 0 fully saturated rings. The molecule has 32 heavy (non-hydrogen) atoms. The van der Waals surface area contributed by atoms with Crippen LogP contribution in [0.25, 0.3) is 37.0 Å². The molecule has 0 amide bonds. The van der Waals surface area contributed by atoms with Gasteiger partial charge >= 0.3 is 0 Å². The minimum atomic E-state index is 0.0250.